The number of carbonyl (C=O) groups is 2. The third-order valence-corrected chi connectivity index (χ3v) is 6.21. The summed E-state index contributed by atoms with van der Waals surface area (Å²) in [5, 5.41) is 5.29. The zero-order valence-corrected chi connectivity index (χ0v) is 17.9. The molecule has 1 N–H and O–H groups in total. The van der Waals surface area contributed by atoms with Gasteiger partial charge in [0, 0.05) is 36.8 Å². The minimum Gasteiger partial charge on any atom is -0.378 e. The molecule has 4 heterocycles. The minimum atomic E-state index is -0.0403. The van der Waals surface area contributed by atoms with Gasteiger partial charge in [0.2, 0.25) is 5.91 Å². The highest BCUT2D eigenvalue weighted by Gasteiger charge is 2.26. The van der Waals surface area contributed by atoms with Gasteiger partial charge in [-0.15, -0.1) is 11.3 Å². The molecule has 0 unspecified atom stereocenters. The summed E-state index contributed by atoms with van der Waals surface area (Å²) >= 11 is 1.41. The lowest BCUT2D eigenvalue weighted by Crippen LogP contribution is -2.41. The molecule has 2 aromatic rings. The van der Waals surface area contributed by atoms with Crippen LogP contribution in [0.2, 0.25) is 0 Å². The number of anilines is 1. The first-order valence-corrected chi connectivity index (χ1v) is 11.1. The molecule has 10 heteroatoms. The maximum Gasteiger partial charge on any atom is 0.257 e. The molecule has 2 aliphatic heterocycles. The lowest BCUT2D eigenvalue weighted by Gasteiger charge is -2.31. The van der Waals surface area contributed by atoms with Crippen molar-refractivity contribution in [3.8, 4) is 0 Å². The van der Waals surface area contributed by atoms with Crippen LogP contribution in [0.3, 0.4) is 0 Å². The lowest BCUT2D eigenvalue weighted by atomic mass is 9.95. The number of nitrogens with zero attached hydrogens (tertiary/aromatic N) is 5. The van der Waals surface area contributed by atoms with Gasteiger partial charge in [-0.1, -0.05) is 0 Å². The Morgan fingerprint density at radius 1 is 1.20 bits per heavy atom. The van der Waals surface area contributed by atoms with Crippen LogP contribution < -0.4 is 5.32 Å². The highest BCUT2D eigenvalue weighted by atomic mass is 32.1. The van der Waals surface area contributed by atoms with Crippen LogP contribution in [0.4, 0.5) is 5.13 Å². The van der Waals surface area contributed by atoms with Gasteiger partial charge in [0.15, 0.2) is 5.13 Å². The van der Waals surface area contributed by atoms with Crippen molar-refractivity contribution < 1.29 is 14.3 Å². The number of nitrogens with one attached hydrogen (secondary N) is 1. The molecule has 2 saturated heterocycles. The molecule has 9 nitrogen and oxygen atoms in total. The number of hydrogen-bond donors (Lipinski definition) is 1. The largest absolute Gasteiger partial charge is 0.378 e. The Kier molecular flexibility index (Phi) is 6.66. The average Bonchev–Trinajstić information content (AvgIpc) is 3.27. The monoisotopic (exact) mass is 430 g/mol. The van der Waals surface area contributed by atoms with E-state index in [2.05, 4.69) is 25.2 Å². The lowest BCUT2D eigenvalue weighted by molar-refractivity contribution is -0.117. The number of carbonyl (C=O) groups excluding carboxylic acids is 2. The van der Waals surface area contributed by atoms with E-state index >= 15 is 0 Å². The van der Waals surface area contributed by atoms with E-state index in [9.17, 15) is 9.59 Å². The van der Waals surface area contributed by atoms with Crippen LogP contribution in [0, 0.1) is 6.92 Å². The number of aryl methyl sites for hydroxylation is 1. The number of rotatable bonds is 5. The summed E-state index contributed by atoms with van der Waals surface area (Å²) in [6.07, 6.45) is 5.12. The third kappa shape index (κ3) is 5.00. The van der Waals surface area contributed by atoms with E-state index in [0.29, 0.717) is 43.5 Å². The summed E-state index contributed by atoms with van der Waals surface area (Å²) in [6.45, 7) is 6.22. The van der Waals surface area contributed by atoms with Gasteiger partial charge in [-0.3, -0.25) is 14.5 Å². The minimum absolute atomic E-state index is 0.0246. The first-order chi connectivity index (χ1) is 14.6. The normalized spacial score (nSPS) is 18.4. The molecular weight excluding hydrogens is 404 g/mol. The Labute approximate surface area is 179 Å². The molecule has 2 aromatic heterocycles. The zero-order chi connectivity index (χ0) is 20.9. The van der Waals surface area contributed by atoms with Gasteiger partial charge >= 0.3 is 0 Å². The zero-order valence-electron chi connectivity index (χ0n) is 17.0. The van der Waals surface area contributed by atoms with Crippen LogP contribution in [0.1, 0.15) is 40.6 Å². The standard InChI is InChI=1S/C20H26N6O3S/c1-14-16(19(28)26-7-9-29-10-8-26)12-22-18(23-14)15-2-5-25(6-3-15)13-17(27)24-20-21-4-11-30-20/h4,11-12,15H,2-3,5-10,13H2,1H3,(H,21,24,27). The summed E-state index contributed by atoms with van der Waals surface area (Å²) < 4.78 is 5.32. The summed E-state index contributed by atoms with van der Waals surface area (Å²) in [7, 11) is 0. The van der Waals surface area contributed by atoms with Gasteiger partial charge in [-0.2, -0.15) is 0 Å². The fraction of sp³-hybridized carbons (Fsp3) is 0.550. The fourth-order valence-corrected chi connectivity index (χ4v) is 4.37. The van der Waals surface area contributed by atoms with Crippen molar-refractivity contribution >= 4 is 28.3 Å². The second-order valence-corrected chi connectivity index (χ2v) is 8.46. The summed E-state index contributed by atoms with van der Waals surface area (Å²) in [5.41, 5.74) is 1.29. The Morgan fingerprint density at radius 2 is 1.97 bits per heavy atom. The SMILES string of the molecule is Cc1nc(C2CCN(CC(=O)Nc3nccs3)CC2)ncc1C(=O)N1CCOCC1. The molecule has 160 valence electrons. The average molecular weight is 431 g/mol. The van der Waals surface area contributed by atoms with Crippen LogP contribution in [0.15, 0.2) is 17.8 Å². The molecule has 0 saturated carbocycles. The summed E-state index contributed by atoms with van der Waals surface area (Å²) in [5.74, 6) is 0.970. The van der Waals surface area contributed by atoms with Crippen molar-refractivity contribution in [3.05, 3.63) is 34.9 Å². The number of thiazole rings is 1. The Hall–Kier alpha value is -2.43. The van der Waals surface area contributed by atoms with Gasteiger partial charge in [0.05, 0.1) is 31.0 Å². The topological polar surface area (TPSA) is 101 Å². The van der Waals surface area contributed by atoms with E-state index in [0.717, 1.165) is 37.4 Å². The Balaban J connectivity index is 1.30. The maximum absolute atomic E-state index is 12.7. The first kappa shape index (κ1) is 20.8. The smallest absolute Gasteiger partial charge is 0.257 e. The number of likely N-dealkylation sites (tertiary alicyclic amines) is 1. The number of hydrogen-bond acceptors (Lipinski definition) is 8. The number of aromatic nitrogens is 3. The molecular formula is C20H26N6O3S. The van der Waals surface area contributed by atoms with E-state index in [4.69, 9.17) is 4.74 Å². The van der Waals surface area contributed by atoms with E-state index in [-0.39, 0.29) is 17.7 Å². The van der Waals surface area contributed by atoms with Crippen LogP contribution in [-0.2, 0) is 9.53 Å². The number of piperidine rings is 1. The van der Waals surface area contributed by atoms with Crippen LogP contribution in [0.5, 0.6) is 0 Å². The number of ether oxygens (including phenoxy) is 1. The van der Waals surface area contributed by atoms with Crippen molar-refractivity contribution in [1.29, 1.82) is 0 Å². The quantitative estimate of drug-likeness (QED) is 0.768. The van der Waals surface area contributed by atoms with Crippen molar-refractivity contribution in [2.75, 3.05) is 51.3 Å². The highest BCUT2D eigenvalue weighted by molar-refractivity contribution is 7.13. The third-order valence-electron chi connectivity index (χ3n) is 5.53. The molecule has 0 spiro atoms. The molecule has 0 aliphatic carbocycles. The number of morpholine rings is 1. The van der Waals surface area contributed by atoms with Crippen molar-refractivity contribution in [1.82, 2.24) is 24.8 Å². The second kappa shape index (κ2) is 9.59. The molecule has 30 heavy (non-hydrogen) atoms. The molecule has 0 bridgehead atoms. The summed E-state index contributed by atoms with van der Waals surface area (Å²) in [6, 6.07) is 0. The molecule has 0 radical (unpaired) electrons. The van der Waals surface area contributed by atoms with Gasteiger partial charge in [-0.25, -0.2) is 15.0 Å². The summed E-state index contributed by atoms with van der Waals surface area (Å²) in [4.78, 5) is 42.1. The van der Waals surface area contributed by atoms with Gasteiger partial charge in [0.1, 0.15) is 5.82 Å². The second-order valence-electron chi connectivity index (χ2n) is 7.57. The van der Waals surface area contributed by atoms with Crippen LogP contribution in [-0.4, -0.2) is 82.5 Å². The van der Waals surface area contributed by atoms with Gasteiger partial charge in [0.25, 0.3) is 5.91 Å². The van der Waals surface area contributed by atoms with Crippen LogP contribution >= 0.6 is 11.3 Å². The van der Waals surface area contributed by atoms with Gasteiger partial charge < -0.3 is 15.0 Å². The predicted octanol–water partition coefficient (Wildman–Crippen LogP) is 1.53. The van der Waals surface area contributed by atoms with E-state index in [1.807, 2.05) is 12.3 Å². The van der Waals surface area contributed by atoms with E-state index in [1.165, 1.54) is 11.3 Å². The van der Waals surface area contributed by atoms with Crippen molar-refractivity contribution in [2.45, 2.75) is 25.7 Å². The van der Waals surface area contributed by atoms with Crippen molar-refractivity contribution in [2.24, 2.45) is 0 Å². The van der Waals surface area contributed by atoms with E-state index < -0.39 is 0 Å². The highest BCUT2D eigenvalue weighted by Crippen LogP contribution is 2.26. The molecule has 4 rings (SSSR count). The molecule has 2 fully saturated rings. The first-order valence-electron chi connectivity index (χ1n) is 10.2. The van der Waals surface area contributed by atoms with Crippen LogP contribution in [0.25, 0.3) is 0 Å². The number of amides is 2. The molecule has 0 atom stereocenters. The maximum atomic E-state index is 12.7. The van der Waals surface area contributed by atoms with E-state index in [1.54, 1.807) is 17.3 Å². The Bertz CT molecular complexity index is 877. The Morgan fingerprint density at radius 3 is 2.63 bits per heavy atom. The predicted molar refractivity (Wildman–Crippen MR) is 113 cm³/mol. The molecule has 2 amide bonds. The molecule has 2 aliphatic rings. The fourth-order valence-electron chi connectivity index (χ4n) is 3.82. The molecule has 0 aromatic carbocycles. The van der Waals surface area contributed by atoms with Crippen molar-refractivity contribution in [3.63, 3.8) is 0 Å². The van der Waals surface area contributed by atoms with Gasteiger partial charge in [-0.05, 0) is 32.9 Å².